The number of aryl methyl sites for hydroxylation is 3. The lowest BCUT2D eigenvalue weighted by atomic mass is 10.1. The Bertz CT molecular complexity index is 1120. The van der Waals surface area contributed by atoms with Crippen LogP contribution in [0.4, 0.5) is 0 Å². The number of methoxy groups -OCH3 is 1. The van der Waals surface area contributed by atoms with E-state index in [-0.39, 0.29) is 12.5 Å². The van der Waals surface area contributed by atoms with Crippen LogP contribution in [0, 0.1) is 20.8 Å². The van der Waals surface area contributed by atoms with E-state index in [1.807, 2.05) is 26.0 Å². The molecule has 34 heavy (non-hydrogen) atoms. The molecule has 0 radical (unpaired) electrons. The zero-order valence-corrected chi connectivity index (χ0v) is 21.5. The first kappa shape index (κ1) is 25.7. The van der Waals surface area contributed by atoms with Gasteiger partial charge in [0.1, 0.15) is 5.01 Å². The van der Waals surface area contributed by atoms with Crippen molar-refractivity contribution in [3.63, 3.8) is 0 Å². The lowest BCUT2D eigenvalue weighted by molar-refractivity contribution is -0.153. The van der Waals surface area contributed by atoms with Crippen molar-refractivity contribution in [2.45, 2.75) is 59.7 Å². The molecule has 2 aromatic carbocycles. The largest absolute Gasteiger partial charge is 0.493 e. The van der Waals surface area contributed by atoms with Crippen LogP contribution in [0.2, 0.25) is 0 Å². The van der Waals surface area contributed by atoms with Gasteiger partial charge in [0.2, 0.25) is 0 Å². The molecule has 0 amide bonds. The van der Waals surface area contributed by atoms with Crippen molar-refractivity contribution in [1.29, 1.82) is 0 Å². The van der Waals surface area contributed by atoms with Crippen molar-refractivity contribution in [2.24, 2.45) is 0 Å². The first-order valence-corrected chi connectivity index (χ1v) is 12.2. The number of aliphatic carboxylic acids is 1. The van der Waals surface area contributed by atoms with E-state index in [2.05, 4.69) is 39.0 Å². The van der Waals surface area contributed by atoms with Gasteiger partial charge in [0.25, 0.3) is 0 Å². The molecule has 7 heteroatoms. The Hall–Kier alpha value is -2.90. The number of ether oxygens (including phenoxy) is 3. The van der Waals surface area contributed by atoms with Crippen molar-refractivity contribution >= 4 is 17.3 Å². The van der Waals surface area contributed by atoms with Crippen LogP contribution in [-0.2, 0) is 22.4 Å². The average molecular weight is 484 g/mol. The molecule has 3 rings (SSSR count). The molecule has 6 nitrogen and oxygen atoms in total. The predicted octanol–water partition coefficient (Wildman–Crippen LogP) is 5.79. The number of hydrogen-bond acceptors (Lipinski definition) is 6. The second-order valence-corrected chi connectivity index (χ2v) is 9.90. The Balaban J connectivity index is 1.65. The van der Waals surface area contributed by atoms with Gasteiger partial charge < -0.3 is 19.3 Å². The molecule has 0 saturated heterocycles. The van der Waals surface area contributed by atoms with Crippen molar-refractivity contribution in [1.82, 2.24) is 4.98 Å². The third-order valence-corrected chi connectivity index (χ3v) is 6.38. The number of benzene rings is 2. The normalized spacial score (nSPS) is 12.1. The predicted molar refractivity (Wildman–Crippen MR) is 135 cm³/mol. The molecule has 0 spiro atoms. The van der Waals surface area contributed by atoms with Crippen molar-refractivity contribution < 1.29 is 24.1 Å². The van der Waals surface area contributed by atoms with E-state index in [9.17, 15) is 9.90 Å². The minimum Gasteiger partial charge on any atom is -0.493 e. The number of aromatic nitrogens is 1. The number of carboxylic acids is 1. The molecule has 0 bridgehead atoms. The Morgan fingerprint density at radius 1 is 1.06 bits per heavy atom. The molecular formula is C27H33NO5S. The lowest BCUT2D eigenvalue weighted by Gasteiger charge is -2.17. The highest BCUT2D eigenvalue weighted by atomic mass is 32.1. The van der Waals surface area contributed by atoms with E-state index in [4.69, 9.17) is 19.2 Å². The van der Waals surface area contributed by atoms with E-state index in [1.54, 1.807) is 24.5 Å². The molecular weight excluding hydrogens is 450 g/mol. The Morgan fingerprint density at radius 3 is 2.38 bits per heavy atom. The monoisotopic (exact) mass is 483 g/mol. The molecule has 3 aromatic rings. The Labute approximate surface area is 205 Å². The summed E-state index contributed by atoms with van der Waals surface area (Å²) in [5, 5.41) is 10.5. The fourth-order valence-corrected chi connectivity index (χ4v) is 4.78. The Kier molecular flexibility index (Phi) is 8.69. The van der Waals surface area contributed by atoms with Crippen LogP contribution in [0.5, 0.6) is 11.5 Å². The molecule has 0 aliphatic rings. The van der Waals surface area contributed by atoms with Gasteiger partial charge in [-0.25, -0.2) is 9.78 Å². The van der Waals surface area contributed by atoms with Gasteiger partial charge in [-0.1, -0.05) is 23.3 Å². The zero-order chi connectivity index (χ0) is 24.8. The second kappa shape index (κ2) is 11.5. The van der Waals surface area contributed by atoms with Crippen molar-refractivity contribution in [2.75, 3.05) is 13.7 Å². The van der Waals surface area contributed by atoms with Gasteiger partial charge in [-0.2, -0.15) is 0 Å². The van der Waals surface area contributed by atoms with E-state index in [0.717, 1.165) is 21.8 Å². The number of carbonyl (C=O) groups is 1. The molecule has 0 aliphatic heterocycles. The fraction of sp³-hybridized carbons (Fsp3) is 0.407. The summed E-state index contributed by atoms with van der Waals surface area (Å²) in [7, 11) is 1.58. The highest BCUT2D eigenvalue weighted by Gasteiger charge is 2.21. The summed E-state index contributed by atoms with van der Waals surface area (Å²) in [4.78, 5) is 17.5. The van der Waals surface area contributed by atoms with Crippen LogP contribution >= 0.6 is 11.3 Å². The van der Waals surface area contributed by atoms with Crippen molar-refractivity contribution in [3.8, 4) is 22.1 Å². The van der Waals surface area contributed by atoms with E-state index >= 15 is 0 Å². The summed E-state index contributed by atoms with van der Waals surface area (Å²) < 4.78 is 17.0. The standard InChI is InChI=1S/C27H33NO5S/c1-16(2)33-25(27(29)30)15-20-7-8-23(24(14-20)31-6)32-10-9-22-19(5)34-26(28-22)21-12-17(3)11-18(4)13-21/h7-8,11-14,16,25H,9-10,15H2,1-6H3,(H,29,30). The van der Waals surface area contributed by atoms with Gasteiger partial charge in [-0.15, -0.1) is 11.3 Å². The molecule has 1 heterocycles. The number of thiazole rings is 1. The summed E-state index contributed by atoms with van der Waals surface area (Å²) in [6, 6.07) is 12.0. The van der Waals surface area contributed by atoms with Gasteiger partial charge in [-0.3, -0.25) is 0 Å². The highest BCUT2D eigenvalue weighted by molar-refractivity contribution is 7.15. The number of carboxylic acid groups (broad SMARTS) is 1. The van der Waals surface area contributed by atoms with Gasteiger partial charge in [0.05, 0.1) is 25.5 Å². The average Bonchev–Trinajstić information content (AvgIpc) is 3.13. The van der Waals surface area contributed by atoms with E-state index in [0.29, 0.717) is 24.5 Å². The van der Waals surface area contributed by atoms with Gasteiger partial charge >= 0.3 is 5.97 Å². The van der Waals surface area contributed by atoms with E-state index < -0.39 is 12.1 Å². The summed E-state index contributed by atoms with van der Waals surface area (Å²) in [5.41, 5.74) is 5.45. The molecule has 1 atom stereocenters. The molecule has 0 aliphatic carbocycles. The summed E-state index contributed by atoms with van der Waals surface area (Å²) >= 11 is 1.70. The second-order valence-electron chi connectivity index (χ2n) is 8.70. The lowest BCUT2D eigenvalue weighted by Crippen LogP contribution is -2.29. The summed E-state index contributed by atoms with van der Waals surface area (Å²) in [6.07, 6.45) is -0.143. The number of rotatable bonds is 11. The van der Waals surface area contributed by atoms with Crippen molar-refractivity contribution in [3.05, 3.63) is 63.7 Å². The third-order valence-electron chi connectivity index (χ3n) is 5.32. The molecule has 1 unspecified atom stereocenters. The van der Waals surface area contributed by atoms with Gasteiger partial charge in [0.15, 0.2) is 17.6 Å². The molecule has 182 valence electrons. The molecule has 0 saturated carbocycles. The Morgan fingerprint density at radius 2 is 1.76 bits per heavy atom. The maximum Gasteiger partial charge on any atom is 0.333 e. The van der Waals surface area contributed by atoms with Crippen LogP contribution in [-0.4, -0.2) is 42.0 Å². The molecule has 1 aromatic heterocycles. The van der Waals surface area contributed by atoms with Crippen LogP contribution in [0.25, 0.3) is 10.6 Å². The van der Waals surface area contributed by atoms with E-state index in [1.165, 1.54) is 16.0 Å². The number of hydrogen-bond donors (Lipinski definition) is 1. The molecule has 1 N–H and O–H groups in total. The first-order chi connectivity index (χ1) is 16.2. The maximum absolute atomic E-state index is 11.5. The van der Waals surface area contributed by atoms with Crippen LogP contribution in [0.3, 0.4) is 0 Å². The summed E-state index contributed by atoms with van der Waals surface area (Å²) in [5.74, 6) is 0.203. The maximum atomic E-state index is 11.5. The van der Waals surface area contributed by atoms with Crippen LogP contribution < -0.4 is 9.47 Å². The SMILES string of the molecule is COc1cc(CC(OC(C)C)C(=O)O)ccc1OCCc1nc(-c2cc(C)cc(C)c2)sc1C. The number of nitrogens with zero attached hydrogens (tertiary/aromatic N) is 1. The molecule has 0 fully saturated rings. The smallest absolute Gasteiger partial charge is 0.333 e. The highest BCUT2D eigenvalue weighted by Crippen LogP contribution is 2.31. The first-order valence-electron chi connectivity index (χ1n) is 11.4. The zero-order valence-electron chi connectivity index (χ0n) is 20.7. The van der Waals surface area contributed by atoms with Gasteiger partial charge in [-0.05, 0) is 64.4 Å². The topological polar surface area (TPSA) is 77.9 Å². The van der Waals surface area contributed by atoms with Crippen LogP contribution in [0.1, 0.15) is 41.1 Å². The third kappa shape index (κ3) is 6.81. The minimum atomic E-state index is -0.980. The summed E-state index contributed by atoms with van der Waals surface area (Å²) in [6.45, 7) is 10.4. The fourth-order valence-electron chi connectivity index (χ4n) is 3.83. The minimum absolute atomic E-state index is 0.171. The van der Waals surface area contributed by atoms with Crippen LogP contribution in [0.15, 0.2) is 36.4 Å². The quantitative estimate of drug-likeness (QED) is 0.372. The van der Waals surface area contributed by atoms with Gasteiger partial charge in [0, 0.05) is 23.3 Å².